The van der Waals surface area contributed by atoms with Crippen LogP contribution in [-0.2, 0) is 4.79 Å². The molecule has 0 saturated carbocycles. The highest BCUT2D eigenvalue weighted by molar-refractivity contribution is 6.14. The van der Waals surface area contributed by atoms with Crippen molar-refractivity contribution in [3.63, 3.8) is 0 Å². The minimum absolute atomic E-state index is 0.0249. The molecule has 1 aliphatic heterocycles. The maximum absolute atomic E-state index is 12.2. The molecule has 19 heavy (non-hydrogen) atoms. The van der Waals surface area contributed by atoms with E-state index in [0.29, 0.717) is 5.69 Å². The lowest BCUT2D eigenvalue weighted by atomic mass is 10.1. The third-order valence-electron chi connectivity index (χ3n) is 3.06. The zero-order chi connectivity index (χ0) is 13.8. The number of amides is 3. The number of para-hydroxylation sites is 1. The number of rotatable bonds is 5. The number of imide groups is 1. The molecule has 1 atom stereocenters. The van der Waals surface area contributed by atoms with Crippen LogP contribution in [0.4, 0.5) is 10.5 Å². The standard InChI is InChI=1S/C13H16N2O4/c16-8-6-11-12(18)14(7-9-17)13(19)15(11)10-4-2-1-3-5-10/h1-5,11,16-17H,6-9H2. The van der Waals surface area contributed by atoms with Gasteiger partial charge in [-0.15, -0.1) is 0 Å². The predicted molar refractivity (Wildman–Crippen MR) is 68.6 cm³/mol. The fourth-order valence-corrected chi connectivity index (χ4v) is 2.21. The number of carbonyl (C=O) groups is 2. The molecule has 1 fully saturated rings. The summed E-state index contributed by atoms with van der Waals surface area (Å²) in [5.74, 6) is -0.378. The number of benzene rings is 1. The molecule has 0 spiro atoms. The van der Waals surface area contributed by atoms with Crippen molar-refractivity contribution < 1.29 is 19.8 Å². The third kappa shape index (κ3) is 2.45. The molecular weight excluding hydrogens is 248 g/mol. The van der Waals surface area contributed by atoms with Gasteiger partial charge in [-0.25, -0.2) is 4.79 Å². The Labute approximate surface area is 110 Å². The minimum Gasteiger partial charge on any atom is -0.396 e. The molecule has 1 saturated heterocycles. The zero-order valence-corrected chi connectivity index (χ0v) is 10.4. The van der Waals surface area contributed by atoms with E-state index in [1.165, 1.54) is 4.90 Å². The first-order chi connectivity index (χ1) is 9.20. The number of aliphatic hydroxyl groups is 2. The van der Waals surface area contributed by atoms with Crippen molar-refractivity contribution in [2.75, 3.05) is 24.7 Å². The minimum atomic E-state index is -0.702. The fraction of sp³-hybridized carbons (Fsp3) is 0.385. The summed E-state index contributed by atoms with van der Waals surface area (Å²) in [6.07, 6.45) is 0.182. The lowest BCUT2D eigenvalue weighted by molar-refractivity contribution is -0.127. The first-order valence-corrected chi connectivity index (χ1v) is 6.12. The second-order valence-corrected chi connectivity index (χ2v) is 4.23. The van der Waals surface area contributed by atoms with Crippen LogP contribution in [0.5, 0.6) is 0 Å². The quantitative estimate of drug-likeness (QED) is 0.744. The molecule has 0 aliphatic carbocycles. The van der Waals surface area contributed by atoms with E-state index in [4.69, 9.17) is 10.2 Å². The van der Waals surface area contributed by atoms with Gasteiger partial charge in [-0.05, 0) is 12.1 Å². The van der Waals surface area contributed by atoms with Crippen LogP contribution in [0.25, 0.3) is 0 Å². The Morgan fingerprint density at radius 2 is 1.74 bits per heavy atom. The summed E-state index contributed by atoms with van der Waals surface area (Å²) in [6.45, 7) is -0.477. The van der Waals surface area contributed by atoms with E-state index >= 15 is 0 Å². The van der Waals surface area contributed by atoms with Gasteiger partial charge in [0, 0.05) is 18.7 Å². The second-order valence-electron chi connectivity index (χ2n) is 4.23. The van der Waals surface area contributed by atoms with Crippen LogP contribution in [0.2, 0.25) is 0 Å². The van der Waals surface area contributed by atoms with E-state index in [0.717, 1.165) is 4.90 Å². The number of β-amino-alcohol motifs (C(OH)–C–C–N with tert-alkyl or cyclic N) is 1. The number of hydrogen-bond acceptors (Lipinski definition) is 4. The Kier molecular flexibility index (Phi) is 4.13. The van der Waals surface area contributed by atoms with Crippen molar-refractivity contribution in [3.8, 4) is 0 Å². The predicted octanol–water partition coefficient (Wildman–Crippen LogP) is 0.199. The van der Waals surface area contributed by atoms with Crippen LogP contribution in [-0.4, -0.2) is 52.9 Å². The van der Waals surface area contributed by atoms with Crippen molar-refractivity contribution in [2.45, 2.75) is 12.5 Å². The molecular formula is C13H16N2O4. The number of anilines is 1. The van der Waals surface area contributed by atoms with Gasteiger partial charge in [0.05, 0.1) is 13.2 Å². The first kappa shape index (κ1) is 13.5. The normalized spacial score (nSPS) is 19.4. The van der Waals surface area contributed by atoms with Crippen LogP contribution >= 0.6 is 0 Å². The SMILES string of the molecule is O=C1C(CCO)N(c2ccccc2)C(=O)N1CCO. The fourth-order valence-electron chi connectivity index (χ4n) is 2.21. The molecule has 1 aromatic carbocycles. The Hall–Kier alpha value is -1.92. The smallest absolute Gasteiger partial charge is 0.332 e. The summed E-state index contributed by atoms with van der Waals surface area (Å²) in [5.41, 5.74) is 0.611. The van der Waals surface area contributed by atoms with E-state index in [-0.39, 0.29) is 32.1 Å². The van der Waals surface area contributed by atoms with E-state index < -0.39 is 12.1 Å². The maximum atomic E-state index is 12.2. The maximum Gasteiger partial charge on any atom is 0.332 e. The topological polar surface area (TPSA) is 81.1 Å². The van der Waals surface area contributed by atoms with Gasteiger partial charge in [0.25, 0.3) is 5.91 Å². The van der Waals surface area contributed by atoms with Crippen molar-refractivity contribution in [3.05, 3.63) is 30.3 Å². The van der Waals surface area contributed by atoms with Crippen molar-refractivity contribution in [2.24, 2.45) is 0 Å². The van der Waals surface area contributed by atoms with E-state index in [1.807, 2.05) is 6.07 Å². The van der Waals surface area contributed by atoms with Gasteiger partial charge >= 0.3 is 6.03 Å². The van der Waals surface area contributed by atoms with E-state index in [1.54, 1.807) is 24.3 Å². The van der Waals surface area contributed by atoms with Crippen molar-refractivity contribution in [1.29, 1.82) is 0 Å². The number of aliphatic hydroxyl groups excluding tert-OH is 2. The van der Waals surface area contributed by atoms with Crippen molar-refractivity contribution >= 4 is 17.6 Å². The molecule has 1 heterocycles. The largest absolute Gasteiger partial charge is 0.396 e. The Morgan fingerprint density at radius 1 is 1.05 bits per heavy atom. The van der Waals surface area contributed by atoms with Crippen LogP contribution < -0.4 is 4.90 Å². The van der Waals surface area contributed by atoms with E-state index in [2.05, 4.69) is 0 Å². The molecule has 3 amide bonds. The molecule has 0 bridgehead atoms. The molecule has 1 aromatic rings. The van der Waals surface area contributed by atoms with Gasteiger partial charge in [0.2, 0.25) is 0 Å². The highest BCUT2D eigenvalue weighted by atomic mass is 16.3. The summed E-state index contributed by atoms with van der Waals surface area (Å²) >= 11 is 0. The van der Waals surface area contributed by atoms with Gasteiger partial charge in [-0.2, -0.15) is 0 Å². The molecule has 102 valence electrons. The number of hydrogen-bond donors (Lipinski definition) is 2. The Balaban J connectivity index is 2.33. The first-order valence-electron chi connectivity index (χ1n) is 6.12. The van der Waals surface area contributed by atoms with Gasteiger partial charge < -0.3 is 10.2 Å². The second kappa shape index (κ2) is 5.81. The van der Waals surface area contributed by atoms with Crippen LogP contribution in [0.1, 0.15) is 6.42 Å². The molecule has 0 radical (unpaired) electrons. The molecule has 2 rings (SSSR count). The number of carbonyl (C=O) groups excluding carboxylic acids is 2. The molecule has 1 aliphatic rings. The summed E-state index contributed by atoms with van der Waals surface area (Å²) in [4.78, 5) is 26.7. The average molecular weight is 264 g/mol. The Bertz CT molecular complexity index is 463. The lowest BCUT2D eigenvalue weighted by Crippen LogP contribution is -2.36. The van der Waals surface area contributed by atoms with Crippen LogP contribution in [0.15, 0.2) is 30.3 Å². The van der Waals surface area contributed by atoms with Gasteiger partial charge in [0.15, 0.2) is 0 Å². The van der Waals surface area contributed by atoms with Gasteiger partial charge in [0.1, 0.15) is 6.04 Å². The summed E-state index contributed by atoms with van der Waals surface area (Å²) < 4.78 is 0. The molecule has 6 nitrogen and oxygen atoms in total. The highest BCUT2D eigenvalue weighted by Crippen LogP contribution is 2.26. The van der Waals surface area contributed by atoms with Crippen LogP contribution in [0, 0.1) is 0 Å². The Morgan fingerprint density at radius 3 is 2.32 bits per heavy atom. The van der Waals surface area contributed by atoms with Crippen molar-refractivity contribution in [1.82, 2.24) is 4.90 Å². The summed E-state index contributed by atoms with van der Waals surface area (Å²) in [5, 5.41) is 18.0. The molecule has 2 N–H and O–H groups in total. The highest BCUT2D eigenvalue weighted by Gasteiger charge is 2.44. The zero-order valence-electron chi connectivity index (χ0n) is 10.4. The lowest BCUT2D eigenvalue weighted by Gasteiger charge is -2.21. The van der Waals surface area contributed by atoms with Crippen LogP contribution in [0.3, 0.4) is 0 Å². The molecule has 1 unspecified atom stereocenters. The monoisotopic (exact) mass is 264 g/mol. The molecule has 6 heteroatoms. The molecule has 0 aromatic heterocycles. The average Bonchev–Trinajstić information content (AvgIpc) is 2.65. The number of nitrogens with zero attached hydrogens (tertiary/aromatic N) is 2. The summed E-state index contributed by atoms with van der Waals surface area (Å²) in [6, 6.07) is 7.68. The third-order valence-corrected chi connectivity index (χ3v) is 3.06. The summed E-state index contributed by atoms with van der Waals surface area (Å²) in [7, 11) is 0. The van der Waals surface area contributed by atoms with E-state index in [9.17, 15) is 9.59 Å². The van der Waals surface area contributed by atoms with Gasteiger partial charge in [-0.3, -0.25) is 14.6 Å². The van der Waals surface area contributed by atoms with Gasteiger partial charge in [-0.1, -0.05) is 18.2 Å². The number of urea groups is 1.